The molecule has 1 aromatic carbocycles. The highest BCUT2D eigenvalue weighted by atomic mass is 79.9. The van der Waals surface area contributed by atoms with Gasteiger partial charge in [-0.3, -0.25) is 0 Å². The summed E-state index contributed by atoms with van der Waals surface area (Å²) in [4.78, 5) is 0. The topological polar surface area (TPSA) is 30.5 Å². The standard InChI is InChI=1S/C14H19Br2NO2/c1-3-18-14-10(6-11(15)7-12(14)16)8-17-13-4-5-19-9(13)2/h6-7,9,13,17H,3-5,8H2,1-2H3. The maximum atomic E-state index is 5.73. The van der Waals surface area contributed by atoms with Crippen LogP contribution in [0.2, 0.25) is 0 Å². The Morgan fingerprint density at radius 3 is 2.84 bits per heavy atom. The molecule has 106 valence electrons. The lowest BCUT2D eigenvalue weighted by Crippen LogP contribution is -2.34. The molecule has 0 radical (unpaired) electrons. The molecule has 2 unspecified atom stereocenters. The van der Waals surface area contributed by atoms with Crippen molar-refractivity contribution >= 4 is 31.9 Å². The number of hydrogen-bond acceptors (Lipinski definition) is 3. The summed E-state index contributed by atoms with van der Waals surface area (Å²) >= 11 is 7.08. The Kier molecular flexibility index (Phi) is 5.69. The van der Waals surface area contributed by atoms with Gasteiger partial charge in [0.25, 0.3) is 0 Å². The number of rotatable bonds is 5. The Hall–Kier alpha value is -0.100. The van der Waals surface area contributed by atoms with Crippen LogP contribution in [0.1, 0.15) is 25.8 Å². The normalized spacial score (nSPS) is 22.7. The molecule has 19 heavy (non-hydrogen) atoms. The number of hydrogen-bond donors (Lipinski definition) is 1. The van der Waals surface area contributed by atoms with Gasteiger partial charge < -0.3 is 14.8 Å². The zero-order valence-electron chi connectivity index (χ0n) is 11.2. The van der Waals surface area contributed by atoms with Gasteiger partial charge in [-0.05, 0) is 48.3 Å². The smallest absolute Gasteiger partial charge is 0.138 e. The predicted octanol–water partition coefficient (Wildman–Crippen LogP) is 3.88. The van der Waals surface area contributed by atoms with E-state index in [1.807, 2.05) is 13.0 Å². The van der Waals surface area contributed by atoms with Gasteiger partial charge in [-0.2, -0.15) is 0 Å². The van der Waals surface area contributed by atoms with E-state index in [0.717, 1.165) is 39.8 Å². The number of benzene rings is 1. The summed E-state index contributed by atoms with van der Waals surface area (Å²) in [7, 11) is 0. The maximum absolute atomic E-state index is 5.73. The van der Waals surface area contributed by atoms with Crippen molar-refractivity contribution in [3.05, 3.63) is 26.6 Å². The Bertz CT molecular complexity index is 440. The Morgan fingerprint density at radius 1 is 1.42 bits per heavy atom. The van der Waals surface area contributed by atoms with E-state index in [1.165, 1.54) is 0 Å². The fourth-order valence-corrected chi connectivity index (χ4v) is 3.72. The second kappa shape index (κ2) is 7.07. The highest BCUT2D eigenvalue weighted by Crippen LogP contribution is 2.33. The summed E-state index contributed by atoms with van der Waals surface area (Å²) < 4.78 is 13.3. The number of halogens is 2. The Morgan fingerprint density at radius 2 is 2.21 bits per heavy atom. The summed E-state index contributed by atoms with van der Waals surface area (Å²) in [5.74, 6) is 0.921. The second-order valence-corrected chi connectivity index (χ2v) is 6.43. The van der Waals surface area contributed by atoms with Crippen LogP contribution in [0.5, 0.6) is 5.75 Å². The van der Waals surface area contributed by atoms with E-state index in [4.69, 9.17) is 9.47 Å². The summed E-state index contributed by atoms with van der Waals surface area (Å²) in [5.41, 5.74) is 1.15. The zero-order chi connectivity index (χ0) is 13.8. The van der Waals surface area contributed by atoms with Gasteiger partial charge in [-0.15, -0.1) is 0 Å². The largest absolute Gasteiger partial charge is 0.492 e. The minimum atomic E-state index is 0.283. The van der Waals surface area contributed by atoms with Crippen molar-refractivity contribution in [1.82, 2.24) is 5.32 Å². The molecular formula is C14H19Br2NO2. The Balaban J connectivity index is 2.09. The minimum Gasteiger partial charge on any atom is -0.492 e. The molecule has 5 heteroatoms. The third kappa shape index (κ3) is 3.94. The fourth-order valence-electron chi connectivity index (χ4n) is 2.29. The number of nitrogens with one attached hydrogen (secondary N) is 1. The van der Waals surface area contributed by atoms with Crippen molar-refractivity contribution < 1.29 is 9.47 Å². The highest BCUT2D eigenvalue weighted by molar-refractivity contribution is 9.11. The van der Waals surface area contributed by atoms with Gasteiger partial charge >= 0.3 is 0 Å². The van der Waals surface area contributed by atoms with Crippen LogP contribution in [0.3, 0.4) is 0 Å². The molecule has 1 N–H and O–H groups in total. The summed E-state index contributed by atoms with van der Waals surface area (Å²) in [6.07, 6.45) is 1.35. The van der Waals surface area contributed by atoms with Gasteiger partial charge in [-0.25, -0.2) is 0 Å². The third-order valence-electron chi connectivity index (χ3n) is 3.30. The van der Waals surface area contributed by atoms with E-state index >= 15 is 0 Å². The van der Waals surface area contributed by atoms with Gasteiger partial charge in [-0.1, -0.05) is 15.9 Å². The molecule has 2 rings (SSSR count). The third-order valence-corrected chi connectivity index (χ3v) is 4.35. The van der Waals surface area contributed by atoms with E-state index < -0.39 is 0 Å². The first-order valence-corrected chi connectivity index (χ1v) is 8.16. The van der Waals surface area contributed by atoms with Gasteiger partial charge in [0.1, 0.15) is 5.75 Å². The van der Waals surface area contributed by atoms with Gasteiger partial charge in [0.05, 0.1) is 17.2 Å². The molecule has 0 bridgehead atoms. The van der Waals surface area contributed by atoms with Crippen LogP contribution in [0.25, 0.3) is 0 Å². The molecule has 0 aromatic heterocycles. The molecule has 3 nitrogen and oxygen atoms in total. The molecule has 1 fully saturated rings. The van der Waals surface area contributed by atoms with Crippen molar-refractivity contribution in [1.29, 1.82) is 0 Å². The van der Waals surface area contributed by atoms with Crippen LogP contribution in [0.15, 0.2) is 21.1 Å². The average Bonchev–Trinajstić information content (AvgIpc) is 2.76. The molecule has 0 saturated carbocycles. The van der Waals surface area contributed by atoms with E-state index in [9.17, 15) is 0 Å². The van der Waals surface area contributed by atoms with E-state index in [1.54, 1.807) is 0 Å². The van der Waals surface area contributed by atoms with Gasteiger partial charge in [0.15, 0.2) is 0 Å². The minimum absolute atomic E-state index is 0.283. The van der Waals surface area contributed by atoms with E-state index in [0.29, 0.717) is 12.6 Å². The van der Waals surface area contributed by atoms with Gasteiger partial charge in [0, 0.05) is 29.2 Å². The summed E-state index contributed by atoms with van der Waals surface area (Å²) in [6.45, 7) is 6.41. The van der Waals surface area contributed by atoms with Crippen molar-refractivity contribution in [2.45, 2.75) is 39.0 Å². The molecule has 1 aromatic rings. The van der Waals surface area contributed by atoms with Crippen molar-refractivity contribution in [2.75, 3.05) is 13.2 Å². The average molecular weight is 393 g/mol. The highest BCUT2D eigenvalue weighted by Gasteiger charge is 2.24. The lowest BCUT2D eigenvalue weighted by atomic mass is 10.1. The Labute approximate surface area is 131 Å². The summed E-state index contributed by atoms with van der Waals surface area (Å²) in [5, 5.41) is 3.55. The molecular weight excluding hydrogens is 374 g/mol. The molecule has 1 aliphatic rings. The molecule has 1 aliphatic heterocycles. The van der Waals surface area contributed by atoms with Crippen molar-refractivity contribution in [3.8, 4) is 5.75 Å². The van der Waals surface area contributed by atoms with Crippen LogP contribution in [0, 0.1) is 0 Å². The van der Waals surface area contributed by atoms with Crippen molar-refractivity contribution in [3.63, 3.8) is 0 Å². The van der Waals surface area contributed by atoms with Crippen molar-refractivity contribution in [2.24, 2.45) is 0 Å². The molecule has 0 aliphatic carbocycles. The molecule has 1 saturated heterocycles. The van der Waals surface area contributed by atoms with E-state index in [-0.39, 0.29) is 6.10 Å². The number of ether oxygens (including phenoxy) is 2. The molecule has 0 amide bonds. The fraction of sp³-hybridized carbons (Fsp3) is 0.571. The molecule has 0 spiro atoms. The first-order valence-electron chi connectivity index (χ1n) is 6.57. The second-order valence-electron chi connectivity index (χ2n) is 4.66. The zero-order valence-corrected chi connectivity index (χ0v) is 14.4. The van der Waals surface area contributed by atoms with Crippen LogP contribution >= 0.6 is 31.9 Å². The van der Waals surface area contributed by atoms with E-state index in [2.05, 4.69) is 50.2 Å². The summed E-state index contributed by atoms with van der Waals surface area (Å²) in [6, 6.07) is 4.53. The van der Waals surface area contributed by atoms with Crippen LogP contribution in [0.4, 0.5) is 0 Å². The predicted molar refractivity (Wildman–Crippen MR) is 83.7 cm³/mol. The maximum Gasteiger partial charge on any atom is 0.138 e. The monoisotopic (exact) mass is 391 g/mol. The first-order chi connectivity index (χ1) is 9.11. The molecule has 2 atom stereocenters. The molecule has 1 heterocycles. The SMILES string of the molecule is CCOc1c(Br)cc(Br)cc1CNC1CCOC1C. The van der Waals surface area contributed by atoms with Crippen LogP contribution in [-0.2, 0) is 11.3 Å². The van der Waals surface area contributed by atoms with Crippen LogP contribution in [-0.4, -0.2) is 25.4 Å². The lowest BCUT2D eigenvalue weighted by Gasteiger charge is -2.18. The van der Waals surface area contributed by atoms with Crippen LogP contribution < -0.4 is 10.1 Å². The lowest BCUT2D eigenvalue weighted by molar-refractivity contribution is 0.113. The first kappa shape index (κ1) is 15.3. The quantitative estimate of drug-likeness (QED) is 0.824. The van der Waals surface area contributed by atoms with Gasteiger partial charge in [0.2, 0.25) is 0 Å².